The van der Waals surface area contributed by atoms with Crippen molar-refractivity contribution in [2.45, 2.75) is 46.1 Å². The largest absolute Gasteiger partial charge is 0.495 e. The lowest BCUT2D eigenvalue weighted by Crippen LogP contribution is -2.42. The number of nitrogens with one attached hydrogen (secondary N) is 2. The van der Waals surface area contributed by atoms with Crippen LogP contribution in [0.1, 0.15) is 40.0 Å². The lowest BCUT2D eigenvalue weighted by Gasteiger charge is -2.24. The molecule has 182 valence electrons. The van der Waals surface area contributed by atoms with Gasteiger partial charge in [0, 0.05) is 24.2 Å². The molecule has 1 atom stereocenters. The molecule has 7 heteroatoms. The number of methoxy groups -OCH3 is 1. The standard InChI is InChI=1S/C27H35N3O4/c1-6-7-14-28-22(15-18(2)3)27(32)29-21-16-19(12-13-25(21)33-5)30(4)23-17-26(31)34-24-11-9-8-10-20(23)24/h8-13,16-18,22,28H,6-7,14-15H2,1-5H3,(H,29,32)/t22-/m0/s1. The number of para-hydroxylation sites is 1. The van der Waals surface area contributed by atoms with Crippen LogP contribution in [-0.4, -0.2) is 32.7 Å². The Morgan fingerprint density at radius 3 is 2.62 bits per heavy atom. The molecular weight excluding hydrogens is 430 g/mol. The second-order valence-electron chi connectivity index (χ2n) is 8.87. The minimum absolute atomic E-state index is 0.0892. The van der Waals surface area contributed by atoms with Gasteiger partial charge in [0.1, 0.15) is 11.3 Å². The Hall–Kier alpha value is -3.32. The Kier molecular flexibility index (Phi) is 8.71. The number of nitrogens with zero attached hydrogens (tertiary/aromatic N) is 1. The van der Waals surface area contributed by atoms with Gasteiger partial charge in [-0.25, -0.2) is 4.79 Å². The van der Waals surface area contributed by atoms with Crippen molar-refractivity contribution in [2.24, 2.45) is 5.92 Å². The summed E-state index contributed by atoms with van der Waals surface area (Å²) in [5.41, 5.74) is 2.19. The van der Waals surface area contributed by atoms with Crippen LogP contribution in [0.5, 0.6) is 5.75 Å². The number of carbonyl (C=O) groups is 1. The van der Waals surface area contributed by atoms with E-state index in [-0.39, 0.29) is 11.9 Å². The number of carbonyl (C=O) groups excluding carboxylic acids is 1. The molecule has 0 fully saturated rings. The SMILES string of the molecule is CCCCN[C@@H](CC(C)C)C(=O)Nc1cc(N(C)c2cc(=O)oc3ccccc23)ccc1OC. The first-order chi connectivity index (χ1) is 16.3. The van der Waals surface area contributed by atoms with Crippen molar-refractivity contribution in [1.29, 1.82) is 0 Å². The minimum Gasteiger partial charge on any atom is -0.495 e. The maximum atomic E-state index is 13.2. The van der Waals surface area contributed by atoms with Crippen LogP contribution >= 0.6 is 0 Å². The molecule has 0 unspecified atom stereocenters. The maximum absolute atomic E-state index is 13.2. The first kappa shape index (κ1) is 25.3. The Balaban J connectivity index is 1.91. The van der Waals surface area contributed by atoms with Gasteiger partial charge in [-0.15, -0.1) is 0 Å². The molecule has 0 aliphatic heterocycles. The highest BCUT2D eigenvalue weighted by Gasteiger charge is 2.21. The molecule has 3 aromatic rings. The lowest BCUT2D eigenvalue weighted by molar-refractivity contribution is -0.118. The van der Waals surface area contributed by atoms with Crippen molar-refractivity contribution in [3.8, 4) is 5.75 Å². The van der Waals surface area contributed by atoms with Gasteiger partial charge in [-0.2, -0.15) is 0 Å². The quantitative estimate of drug-likeness (QED) is 0.295. The van der Waals surface area contributed by atoms with Crippen LogP contribution in [0.2, 0.25) is 0 Å². The molecule has 3 rings (SSSR count). The van der Waals surface area contributed by atoms with Crippen molar-refractivity contribution in [3.05, 3.63) is 59.0 Å². The van der Waals surface area contributed by atoms with Crippen LogP contribution < -0.4 is 25.9 Å². The van der Waals surface area contributed by atoms with Crippen molar-refractivity contribution in [3.63, 3.8) is 0 Å². The summed E-state index contributed by atoms with van der Waals surface area (Å²) in [6, 6.07) is 14.2. The van der Waals surface area contributed by atoms with Gasteiger partial charge < -0.3 is 24.7 Å². The minimum atomic E-state index is -0.419. The van der Waals surface area contributed by atoms with Gasteiger partial charge in [0.25, 0.3) is 0 Å². The molecule has 1 heterocycles. The molecule has 7 nitrogen and oxygen atoms in total. The highest BCUT2D eigenvalue weighted by Crippen LogP contribution is 2.34. The van der Waals surface area contributed by atoms with Gasteiger partial charge in [0.15, 0.2) is 0 Å². The van der Waals surface area contributed by atoms with E-state index in [4.69, 9.17) is 9.15 Å². The molecule has 0 bridgehead atoms. The number of rotatable bonds is 11. The fourth-order valence-corrected chi connectivity index (χ4v) is 3.94. The average Bonchev–Trinajstić information content (AvgIpc) is 2.82. The summed E-state index contributed by atoms with van der Waals surface area (Å²) in [4.78, 5) is 27.2. The molecule has 1 aromatic heterocycles. The van der Waals surface area contributed by atoms with Crippen molar-refractivity contribution < 1.29 is 13.9 Å². The number of amides is 1. The number of ether oxygens (including phenoxy) is 1. The first-order valence-electron chi connectivity index (χ1n) is 11.8. The molecule has 0 aliphatic rings. The summed E-state index contributed by atoms with van der Waals surface area (Å²) in [6.45, 7) is 7.15. The summed E-state index contributed by atoms with van der Waals surface area (Å²) in [5, 5.41) is 7.27. The molecule has 2 aromatic carbocycles. The molecule has 1 amide bonds. The number of unbranched alkanes of at least 4 members (excludes halogenated alkanes) is 1. The fraction of sp³-hybridized carbons (Fsp3) is 0.407. The van der Waals surface area contributed by atoms with Gasteiger partial charge >= 0.3 is 5.63 Å². The molecule has 0 radical (unpaired) electrons. The fourth-order valence-electron chi connectivity index (χ4n) is 3.94. The number of hydrogen-bond donors (Lipinski definition) is 2. The highest BCUT2D eigenvalue weighted by molar-refractivity contribution is 5.97. The predicted molar refractivity (Wildman–Crippen MR) is 138 cm³/mol. The maximum Gasteiger partial charge on any atom is 0.338 e. The molecule has 0 saturated carbocycles. The summed E-state index contributed by atoms with van der Waals surface area (Å²) in [5.74, 6) is 0.857. The smallest absolute Gasteiger partial charge is 0.338 e. The van der Waals surface area contributed by atoms with E-state index >= 15 is 0 Å². The van der Waals surface area contributed by atoms with Crippen LogP contribution in [0.4, 0.5) is 17.1 Å². The second kappa shape index (κ2) is 11.7. The molecule has 0 aliphatic carbocycles. The van der Waals surface area contributed by atoms with E-state index in [1.165, 1.54) is 6.07 Å². The number of anilines is 3. The van der Waals surface area contributed by atoms with Gasteiger partial charge in [0.2, 0.25) is 5.91 Å². The normalized spacial score (nSPS) is 12.1. The van der Waals surface area contributed by atoms with Crippen LogP contribution in [0, 0.1) is 5.92 Å². The van der Waals surface area contributed by atoms with E-state index in [1.54, 1.807) is 13.2 Å². The third-order valence-electron chi connectivity index (χ3n) is 5.76. The molecule has 0 spiro atoms. The Bertz CT molecular complexity index is 1170. The molecular formula is C27H35N3O4. The zero-order valence-electron chi connectivity index (χ0n) is 20.7. The predicted octanol–water partition coefficient (Wildman–Crippen LogP) is 5.31. The van der Waals surface area contributed by atoms with E-state index in [0.717, 1.165) is 36.9 Å². The molecule has 34 heavy (non-hydrogen) atoms. The van der Waals surface area contributed by atoms with Gasteiger partial charge in [-0.1, -0.05) is 39.3 Å². The van der Waals surface area contributed by atoms with Crippen LogP contribution in [-0.2, 0) is 4.79 Å². The van der Waals surface area contributed by atoms with E-state index in [1.807, 2.05) is 48.3 Å². The van der Waals surface area contributed by atoms with Crippen molar-refractivity contribution in [2.75, 3.05) is 30.9 Å². The third-order valence-corrected chi connectivity index (χ3v) is 5.76. The Morgan fingerprint density at radius 2 is 1.91 bits per heavy atom. The van der Waals surface area contributed by atoms with E-state index in [9.17, 15) is 9.59 Å². The first-order valence-corrected chi connectivity index (χ1v) is 11.8. The molecule has 0 saturated heterocycles. The van der Waals surface area contributed by atoms with Crippen LogP contribution in [0.15, 0.2) is 57.7 Å². The average molecular weight is 466 g/mol. The number of fused-ring (bicyclic) bond motifs is 1. The van der Waals surface area contributed by atoms with Gasteiger partial charge in [-0.05, 0) is 55.6 Å². The van der Waals surface area contributed by atoms with Crippen molar-refractivity contribution in [1.82, 2.24) is 5.32 Å². The topological polar surface area (TPSA) is 83.8 Å². The van der Waals surface area contributed by atoms with Crippen LogP contribution in [0.3, 0.4) is 0 Å². The number of benzene rings is 2. The third kappa shape index (κ3) is 6.17. The summed E-state index contributed by atoms with van der Waals surface area (Å²) >= 11 is 0. The summed E-state index contributed by atoms with van der Waals surface area (Å²) in [7, 11) is 3.46. The number of hydrogen-bond acceptors (Lipinski definition) is 6. The zero-order chi connectivity index (χ0) is 24.7. The lowest BCUT2D eigenvalue weighted by atomic mass is 10.0. The highest BCUT2D eigenvalue weighted by atomic mass is 16.5. The van der Waals surface area contributed by atoms with Gasteiger partial charge in [0.05, 0.1) is 24.5 Å². The Morgan fingerprint density at radius 1 is 1.15 bits per heavy atom. The monoisotopic (exact) mass is 465 g/mol. The summed E-state index contributed by atoms with van der Waals surface area (Å²) in [6.07, 6.45) is 2.82. The van der Waals surface area contributed by atoms with E-state index in [2.05, 4.69) is 31.4 Å². The molecule has 2 N–H and O–H groups in total. The summed E-state index contributed by atoms with van der Waals surface area (Å²) < 4.78 is 10.8. The Labute approximate surface area is 201 Å². The van der Waals surface area contributed by atoms with E-state index < -0.39 is 5.63 Å². The van der Waals surface area contributed by atoms with Gasteiger partial charge in [-0.3, -0.25) is 4.79 Å². The van der Waals surface area contributed by atoms with Crippen molar-refractivity contribution >= 4 is 33.9 Å². The second-order valence-corrected chi connectivity index (χ2v) is 8.87. The van der Waals surface area contributed by atoms with E-state index in [0.29, 0.717) is 28.6 Å². The zero-order valence-corrected chi connectivity index (χ0v) is 20.7. The van der Waals surface area contributed by atoms with Crippen LogP contribution in [0.25, 0.3) is 11.0 Å².